The highest BCUT2D eigenvalue weighted by Gasteiger charge is 2.39. The molecule has 0 aromatic carbocycles. The SMILES string of the molecule is CCC(C)C(NC(=O)C1CCCN1C(=O)C(CCC(N)=O)NC(=O)C(N)Cc1cnc[nH]1)C(=O)O. The van der Waals surface area contributed by atoms with Gasteiger partial charge in [0.2, 0.25) is 23.6 Å². The van der Waals surface area contributed by atoms with Crippen molar-refractivity contribution in [1.29, 1.82) is 0 Å². The highest BCUT2D eigenvalue weighted by molar-refractivity contribution is 5.94. The number of amides is 4. The second-order valence-corrected chi connectivity index (χ2v) is 8.85. The number of nitrogens with zero attached hydrogens (tertiary/aromatic N) is 2. The number of carbonyl (C=O) groups is 5. The molecule has 1 aliphatic heterocycles. The first-order chi connectivity index (χ1) is 16.5. The number of carboxylic acids is 1. The molecule has 2 heterocycles. The number of hydrogen-bond acceptors (Lipinski definition) is 7. The van der Waals surface area contributed by atoms with Gasteiger partial charge in [0.1, 0.15) is 18.1 Å². The summed E-state index contributed by atoms with van der Waals surface area (Å²) >= 11 is 0. The fourth-order valence-electron chi connectivity index (χ4n) is 3.98. The Balaban J connectivity index is 2.13. The van der Waals surface area contributed by atoms with Crippen molar-refractivity contribution < 1.29 is 29.1 Å². The minimum atomic E-state index is -1.15. The molecule has 0 aliphatic carbocycles. The van der Waals surface area contributed by atoms with E-state index in [1.54, 1.807) is 6.92 Å². The maximum Gasteiger partial charge on any atom is 0.326 e. The number of aromatic amines is 1. The standard InChI is InChI=1S/C22H35N7O6/c1-3-12(2)18(22(34)35)28-20(32)16-5-4-8-29(16)21(33)15(6-7-17(24)30)27-19(31)14(23)9-13-10-25-11-26-13/h10-12,14-16,18H,3-9,23H2,1-2H3,(H2,24,30)(H,25,26)(H,27,31)(H,28,32)(H,34,35). The van der Waals surface area contributed by atoms with E-state index in [1.165, 1.54) is 17.4 Å². The molecule has 1 saturated heterocycles. The number of H-pyrrole nitrogens is 1. The van der Waals surface area contributed by atoms with Gasteiger partial charge >= 0.3 is 5.97 Å². The molecule has 0 saturated carbocycles. The van der Waals surface area contributed by atoms with Crippen LogP contribution >= 0.6 is 0 Å². The molecule has 13 heteroatoms. The number of nitrogens with one attached hydrogen (secondary N) is 3. The van der Waals surface area contributed by atoms with E-state index in [0.29, 0.717) is 25.0 Å². The van der Waals surface area contributed by atoms with Crippen LogP contribution in [0.15, 0.2) is 12.5 Å². The van der Waals surface area contributed by atoms with Gasteiger partial charge in [0.05, 0.1) is 12.4 Å². The van der Waals surface area contributed by atoms with Crippen LogP contribution < -0.4 is 22.1 Å². The maximum absolute atomic E-state index is 13.4. The molecule has 5 unspecified atom stereocenters. The summed E-state index contributed by atoms with van der Waals surface area (Å²) in [5.41, 5.74) is 11.9. The Labute approximate surface area is 203 Å². The highest BCUT2D eigenvalue weighted by atomic mass is 16.4. The molecule has 0 bridgehead atoms. The first kappa shape index (κ1) is 27.8. The molecule has 2 rings (SSSR count). The van der Waals surface area contributed by atoms with Gasteiger partial charge in [0.25, 0.3) is 0 Å². The molecule has 194 valence electrons. The molecule has 1 aromatic heterocycles. The monoisotopic (exact) mass is 493 g/mol. The average molecular weight is 494 g/mol. The van der Waals surface area contributed by atoms with E-state index in [2.05, 4.69) is 20.6 Å². The number of nitrogens with two attached hydrogens (primary N) is 2. The van der Waals surface area contributed by atoms with Gasteiger partial charge in [-0.15, -0.1) is 0 Å². The topological polar surface area (TPSA) is 214 Å². The third-order valence-electron chi connectivity index (χ3n) is 6.24. The Kier molecular flexibility index (Phi) is 10.2. The molecule has 1 aromatic rings. The number of imidazole rings is 1. The molecule has 35 heavy (non-hydrogen) atoms. The van der Waals surface area contributed by atoms with E-state index in [-0.39, 0.29) is 31.7 Å². The predicted molar refractivity (Wildman–Crippen MR) is 124 cm³/mol. The third kappa shape index (κ3) is 7.77. The highest BCUT2D eigenvalue weighted by Crippen LogP contribution is 2.21. The summed E-state index contributed by atoms with van der Waals surface area (Å²) in [6, 6.07) is -4.08. The van der Waals surface area contributed by atoms with E-state index < -0.39 is 53.8 Å². The van der Waals surface area contributed by atoms with Gasteiger partial charge in [0.15, 0.2) is 0 Å². The van der Waals surface area contributed by atoms with E-state index in [9.17, 15) is 29.1 Å². The van der Waals surface area contributed by atoms with Crippen LogP contribution in [-0.2, 0) is 30.4 Å². The Morgan fingerprint density at radius 3 is 2.57 bits per heavy atom. The van der Waals surface area contributed by atoms with Crippen LogP contribution in [0, 0.1) is 5.92 Å². The van der Waals surface area contributed by atoms with Crippen LogP contribution in [0.5, 0.6) is 0 Å². The Hall–Kier alpha value is -3.48. The largest absolute Gasteiger partial charge is 0.480 e. The number of rotatable bonds is 13. The van der Waals surface area contributed by atoms with Gasteiger partial charge in [-0.3, -0.25) is 19.2 Å². The van der Waals surface area contributed by atoms with Crippen LogP contribution in [0.3, 0.4) is 0 Å². The molecule has 1 fully saturated rings. The number of carboxylic acid groups (broad SMARTS) is 1. The van der Waals surface area contributed by atoms with Gasteiger partial charge < -0.3 is 37.1 Å². The summed E-state index contributed by atoms with van der Waals surface area (Å²) in [5, 5.41) is 14.6. The fraction of sp³-hybridized carbons (Fsp3) is 0.636. The quantitative estimate of drug-likeness (QED) is 0.192. The van der Waals surface area contributed by atoms with Crippen LogP contribution in [0.25, 0.3) is 0 Å². The van der Waals surface area contributed by atoms with Crippen LogP contribution in [0.2, 0.25) is 0 Å². The summed E-state index contributed by atoms with van der Waals surface area (Å²) in [6.07, 6.45) is 4.33. The summed E-state index contributed by atoms with van der Waals surface area (Å²) in [4.78, 5) is 70.0. The van der Waals surface area contributed by atoms with Crippen molar-refractivity contribution in [3.05, 3.63) is 18.2 Å². The molecule has 1 aliphatic rings. The van der Waals surface area contributed by atoms with E-state index in [1.807, 2.05) is 6.92 Å². The van der Waals surface area contributed by atoms with Crippen molar-refractivity contribution >= 4 is 29.6 Å². The Morgan fingerprint density at radius 2 is 2.00 bits per heavy atom. The van der Waals surface area contributed by atoms with Gasteiger partial charge in [0, 0.05) is 31.3 Å². The number of carbonyl (C=O) groups excluding carboxylic acids is 4. The lowest BCUT2D eigenvalue weighted by Crippen LogP contribution is -2.57. The summed E-state index contributed by atoms with van der Waals surface area (Å²) < 4.78 is 0. The van der Waals surface area contributed by atoms with Crippen LogP contribution in [0.1, 0.15) is 51.6 Å². The Bertz CT molecular complexity index is 906. The number of aromatic nitrogens is 2. The second-order valence-electron chi connectivity index (χ2n) is 8.85. The van der Waals surface area contributed by atoms with Crippen molar-refractivity contribution in [3.63, 3.8) is 0 Å². The van der Waals surface area contributed by atoms with E-state index >= 15 is 0 Å². The molecule has 0 radical (unpaired) electrons. The van der Waals surface area contributed by atoms with Crippen molar-refractivity contribution in [3.8, 4) is 0 Å². The number of aliphatic carboxylic acids is 1. The number of likely N-dealkylation sites (tertiary alicyclic amines) is 1. The molecule has 0 spiro atoms. The predicted octanol–water partition coefficient (Wildman–Crippen LogP) is -1.36. The van der Waals surface area contributed by atoms with Gasteiger partial charge in [-0.2, -0.15) is 0 Å². The average Bonchev–Trinajstić information content (AvgIpc) is 3.50. The number of hydrogen-bond donors (Lipinski definition) is 6. The lowest BCUT2D eigenvalue weighted by Gasteiger charge is -2.30. The zero-order valence-corrected chi connectivity index (χ0v) is 20.0. The lowest BCUT2D eigenvalue weighted by molar-refractivity contribution is -0.146. The van der Waals surface area contributed by atoms with E-state index in [0.717, 1.165) is 0 Å². The summed E-state index contributed by atoms with van der Waals surface area (Å²) in [7, 11) is 0. The minimum absolute atomic E-state index is 0.0634. The lowest BCUT2D eigenvalue weighted by atomic mass is 9.98. The minimum Gasteiger partial charge on any atom is -0.480 e. The normalized spacial score (nSPS) is 18.8. The van der Waals surface area contributed by atoms with Gasteiger partial charge in [-0.1, -0.05) is 20.3 Å². The van der Waals surface area contributed by atoms with Gasteiger partial charge in [-0.05, 0) is 25.2 Å². The molecule has 4 amide bonds. The van der Waals surface area contributed by atoms with Gasteiger partial charge in [-0.25, -0.2) is 9.78 Å². The molecule has 13 nitrogen and oxygen atoms in total. The first-order valence-electron chi connectivity index (χ1n) is 11.7. The van der Waals surface area contributed by atoms with Crippen LogP contribution in [-0.4, -0.2) is 80.3 Å². The summed E-state index contributed by atoms with van der Waals surface area (Å²) in [6.45, 7) is 3.79. The number of primary amides is 1. The molecular weight excluding hydrogens is 458 g/mol. The molecular formula is C22H35N7O6. The molecule has 8 N–H and O–H groups in total. The maximum atomic E-state index is 13.4. The van der Waals surface area contributed by atoms with Crippen molar-refractivity contribution in [1.82, 2.24) is 25.5 Å². The van der Waals surface area contributed by atoms with Crippen molar-refractivity contribution in [2.24, 2.45) is 17.4 Å². The zero-order valence-electron chi connectivity index (χ0n) is 20.0. The zero-order chi connectivity index (χ0) is 26.1. The van der Waals surface area contributed by atoms with Crippen molar-refractivity contribution in [2.45, 2.75) is 76.5 Å². The smallest absolute Gasteiger partial charge is 0.326 e. The molecule has 5 atom stereocenters. The van der Waals surface area contributed by atoms with Crippen molar-refractivity contribution in [2.75, 3.05) is 6.54 Å². The summed E-state index contributed by atoms with van der Waals surface area (Å²) in [5.74, 6) is -3.83. The third-order valence-corrected chi connectivity index (χ3v) is 6.24. The fourth-order valence-corrected chi connectivity index (χ4v) is 3.98. The first-order valence-corrected chi connectivity index (χ1v) is 11.7. The second kappa shape index (κ2) is 12.8. The van der Waals surface area contributed by atoms with E-state index in [4.69, 9.17) is 11.5 Å². The Morgan fingerprint density at radius 1 is 1.29 bits per heavy atom. The van der Waals surface area contributed by atoms with Crippen LogP contribution in [0.4, 0.5) is 0 Å².